The Morgan fingerprint density at radius 3 is 2.00 bits per heavy atom. The standard InChI is InChI=1S/C19H23N3O4S/c1-4-13(2)20-18(23)14-9-5-7-11-16(14)21-19(24)15-10-6-8-12-17(15)22-27(3,25)26/h5-13,22H,4H2,1-3H3,(H,20,23)(H,21,24)/t13-/m1/s1. The highest BCUT2D eigenvalue weighted by Crippen LogP contribution is 2.21. The highest BCUT2D eigenvalue weighted by atomic mass is 32.2. The normalized spacial score (nSPS) is 12.1. The van der Waals surface area contributed by atoms with Gasteiger partial charge in [-0.3, -0.25) is 14.3 Å². The Morgan fingerprint density at radius 1 is 0.926 bits per heavy atom. The number of para-hydroxylation sites is 2. The second-order valence-corrected chi connectivity index (χ2v) is 7.95. The van der Waals surface area contributed by atoms with Crippen LogP contribution in [-0.4, -0.2) is 32.5 Å². The minimum absolute atomic E-state index is 0.000874. The molecule has 0 aliphatic carbocycles. The maximum Gasteiger partial charge on any atom is 0.257 e. The Balaban J connectivity index is 2.29. The number of nitrogens with one attached hydrogen (secondary N) is 3. The van der Waals surface area contributed by atoms with Crippen molar-refractivity contribution in [1.82, 2.24) is 5.32 Å². The summed E-state index contributed by atoms with van der Waals surface area (Å²) >= 11 is 0. The van der Waals surface area contributed by atoms with Crippen LogP contribution in [0.4, 0.5) is 11.4 Å². The number of carbonyl (C=O) groups is 2. The maximum atomic E-state index is 12.7. The van der Waals surface area contributed by atoms with E-state index in [1.54, 1.807) is 36.4 Å². The molecule has 7 nitrogen and oxygen atoms in total. The molecule has 3 N–H and O–H groups in total. The van der Waals surface area contributed by atoms with Crippen molar-refractivity contribution < 1.29 is 18.0 Å². The largest absolute Gasteiger partial charge is 0.350 e. The number of hydrogen-bond acceptors (Lipinski definition) is 4. The van der Waals surface area contributed by atoms with Gasteiger partial charge >= 0.3 is 0 Å². The number of rotatable bonds is 7. The minimum atomic E-state index is -3.54. The fraction of sp³-hybridized carbons (Fsp3) is 0.263. The topological polar surface area (TPSA) is 104 Å². The average Bonchev–Trinajstić information content (AvgIpc) is 2.61. The molecule has 27 heavy (non-hydrogen) atoms. The van der Waals surface area contributed by atoms with Crippen LogP contribution in [-0.2, 0) is 10.0 Å². The van der Waals surface area contributed by atoms with Crippen molar-refractivity contribution in [2.24, 2.45) is 0 Å². The fourth-order valence-electron chi connectivity index (χ4n) is 2.35. The first-order chi connectivity index (χ1) is 12.7. The Bertz CT molecular complexity index is 941. The van der Waals surface area contributed by atoms with E-state index >= 15 is 0 Å². The van der Waals surface area contributed by atoms with E-state index in [0.29, 0.717) is 11.3 Å². The molecule has 0 heterocycles. The second kappa shape index (κ2) is 8.68. The zero-order chi connectivity index (χ0) is 20.0. The smallest absolute Gasteiger partial charge is 0.257 e. The molecule has 0 unspecified atom stereocenters. The number of anilines is 2. The highest BCUT2D eigenvalue weighted by molar-refractivity contribution is 7.92. The third-order valence-corrected chi connectivity index (χ3v) is 4.47. The molecule has 144 valence electrons. The zero-order valence-electron chi connectivity index (χ0n) is 15.4. The molecule has 0 fully saturated rings. The van der Waals surface area contributed by atoms with E-state index in [2.05, 4.69) is 15.4 Å². The van der Waals surface area contributed by atoms with E-state index in [1.165, 1.54) is 12.1 Å². The van der Waals surface area contributed by atoms with Crippen LogP contribution >= 0.6 is 0 Å². The van der Waals surface area contributed by atoms with Crippen LogP contribution < -0.4 is 15.4 Å². The molecule has 0 aromatic heterocycles. The summed E-state index contributed by atoms with van der Waals surface area (Å²) in [6.07, 6.45) is 1.79. The molecule has 0 spiro atoms. The molecule has 2 aromatic rings. The molecular weight excluding hydrogens is 366 g/mol. The lowest BCUT2D eigenvalue weighted by molar-refractivity contribution is 0.0940. The molecule has 2 aromatic carbocycles. The summed E-state index contributed by atoms with van der Waals surface area (Å²) in [4.78, 5) is 25.1. The predicted molar refractivity (Wildman–Crippen MR) is 107 cm³/mol. The summed E-state index contributed by atoms with van der Waals surface area (Å²) in [7, 11) is -3.54. The predicted octanol–water partition coefficient (Wildman–Crippen LogP) is 2.84. The summed E-state index contributed by atoms with van der Waals surface area (Å²) in [6.45, 7) is 3.86. The van der Waals surface area contributed by atoms with Crippen LogP contribution in [0.3, 0.4) is 0 Å². The van der Waals surface area contributed by atoms with E-state index in [4.69, 9.17) is 0 Å². The highest BCUT2D eigenvalue weighted by Gasteiger charge is 2.18. The van der Waals surface area contributed by atoms with Gasteiger partial charge in [-0.2, -0.15) is 0 Å². The van der Waals surface area contributed by atoms with E-state index < -0.39 is 15.9 Å². The third kappa shape index (κ3) is 5.82. The first-order valence-electron chi connectivity index (χ1n) is 8.49. The lowest BCUT2D eigenvalue weighted by atomic mass is 10.1. The van der Waals surface area contributed by atoms with Crippen molar-refractivity contribution >= 4 is 33.2 Å². The number of benzene rings is 2. The minimum Gasteiger partial charge on any atom is -0.350 e. The van der Waals surface area contributed by atoms with Crippen molar-refractivity contribution in [3.8, 4) is 0 Å². The molecular formula is C19H23N3O4S. The van der Waals surface area contributed by atoms with Gasteiger partial charge < -0.3 is 10.6 Å². The molecule has 0 radical (unpaired) electrons. The van der Waals surface area contributed by atoms with E-state index in [1.807, 2.05) is 13.8 Å². The molecule has 0 aliphatic rings. The number of hydrogen-bond donors (Lipinski definition) is 3. The van der Waals surface area contributed by atoms with Gasteiger partial charge in [0.2, 0.25) is 10.0 Å². The summed E-state index contributed by atoms with van der Waals surface area (Å²) in [5.41, 5.74) is 0.997. The van der Waals surface area contributed by atoms with E-state index in [0.717, 1.165) is 12.7 Å². The van der Waals surface area contributed by atoms with Gasteiger partial charge in [-0.25, -0.2) is 8.42 Å². The van der Waals surface area contributed by atoms with Gasteiger partial charge in [0, 0.05) is 6.04 Å². The third-order valence-electron chi connectivity index (χ3n) is 3.88. The van der Waals surface area contributed by atoms with Crippen molar-refractivity contribution in [2.45, 2.75) is 26.3 Å². The molecule has 1 atom stereocenters. The lowest BCUT2D eigenvalue weighted by Crippen LogP contribution is -2.32. The lowest BCUT2D eigenvalue weighted by Gasteiger charge is -2.15. The molecule has 0 bridgehead atoms. The molecule has 0 saturated carbocycles. The summed E-state index contributed by atoms with van der Waals surface area (Å²) in [6, 6.07) is 12.9. The van der Waals surface area contributed by atoms with Crippen LogP contribution in [0.15, 0.2) is 48.5 Å². The zero-order valence-corrected chi connectivity index (χ0v) is 16.3. The number of sulfonamides is 1. The van der Waals surface area contributed by atoms with Crippen LogP contribution in [0.5, 0.6) is 0 Å². The van der Waals surface area contributed by atoms with Gasteiger partial charge in [-0.15, -0.1) is 0 Å². The number of amides is 2. The van der Waals surface area contributed by atoms with Crippen LogP contribution in [0.1, 0.15) is 41.0 Å². The van der Waals surface area contributed by atoms with Crippen LogP contribution in [0.25, 0.3) is 0 Å². The van der Waals surface area contributed by atoms with Gasteiger partial charge in [0.25, 0.3) is 11.8 Å². The summed E-state index contributed by atoms with van der Waals surface area (Å²) in [5, 5.41) is 5.55. The Labute approximate surface area is 159 Å². The molecule has 2 rings (SSSR count). The van der Waals surface area contributed by atoms with Gasteiger partial charge in [-0.1, -0.05) is 31.2 Å². The SMILES string of the molecule is CC[C@@H](C)NC(=O)c1ccccc1NC(=O)c1ccccc1NS(C)(=O)=O. The van der Waals surface area contributed by atoms with E-state index in [9.17, 15) is 18.0 Å². The Hall–Kier alpha value is -2.87. The van der Waals surface area contributed by atoms with Crippen molar-refractivity contribution in [3.63, 3.8) is 0 Å². The molecule has 8 heteroatoms. The Morgan fingerprint density at radius 2 is 1.44 bits per heavy atom. The first kappa shape index (κ1) is 20.4. The van der Waals surface area contributed by atoms with Gasteiger partial charge in [0.1, 0.15) is 0 Å². The van der Waals surface area contributed by atoms with Crippen LogP contribution in [0.2, 0.25) is 0 Å². The van der Waals surface area contributed by atoms with Crippen LogP contribution in [0, 0.1) is 0 Å². The number of carbonyl (C=O) groups excluding carboxylic acids is 2. The maximum absolute atomic E-state index is 12.7. The van der Waals surface area contributed by atoms with Gasteiger partial charge in [0.15, 0.2) is 0 Å². The molecule has 2 amide bonds. The van der Waals surface area contributed by atoms with Crippen molar-refractivity contribution in [1.29, 1.82) is 0 Å². The quantitative estimate of drug-likeness (QED) is 0.677. The molecule has 0 aliphatic heterocycles. The summed E-state index contributed by atoms with van der Waals surface area (Å²) in [5.74, 6) is -0.812. The van der Waals surface area contributed by atoms with Gasteiger partial charge in [0.05, 0.1) is 28.8 Å². The van der Waals surface area contributed by atoms with E-state index in [-0.39, 0.29) is 23.2 Å². The first-order valence-corrected chi connectivity index (χ1v) is 10.4. The van der Waals surface area contributed by atoms with Crippen molar-refractivity contribution in [3.05, 3.63) is 59.7 Å². The Kier molecular flexibility index (Phi) is 6.57. The second-order valence-electron chi connectivity index (χ2n) is 6.20. The van der Waals surface area contributed by atoms with Gasteiger partial charge in [-0.05, 0) is 37.6 Å². The molecule has 0 saturated heterocycles. The van der Waals surface area contributed by atoms with Crippen molar-refractivity contribution in [2.75, 3.05) is 16.3 Å². The monoisotopic (exact) mass is 389 g/mol. The summed E-state index contributed by atoms with van der Waals surface area (Å²) < 4.78 is 25.3. The average molecular weight is 389 g/mol. The fourth-order valence-corrected chi connectivity index (χ4v) is 2.93.